The molecule has 5 nitrogen and oxygen atoms in total. The van der Waals surface area contributed by atoms with Gasteiger partial charge in [0.1, 0.15) is 0 Å². The van der Waals surface area contributed by atoms with Crippen LogP contribution in [0, 0.1) is 13.8 Å². The molecule has 2 aromatic rings. The van der Waals surface area contributed by atoms with E-state index in [0.29, 0.717) is 11.6 Å². The van der Waals surface area contributed by atoms with Crippen LogP contribution < -0.4 is 4.90 Å². The number of carboxylic acid groups (broad SMARTS) is 1. The van der Waals surface area contributed by atoms with Gasteiger partial charge in [-0.05, 0) is 51.0 Å². The molecule has 0 bridgehead atoms. The lowest BCUT2D eigenvalue weighted by atomic mass is 10.0. The maximum Gasteiger partial charge on any atom is 0.354 e. The van der Waals surface area contributed by atoms with Crippen LogP contribution in [0.1, 0.15) is 35.5 Å². The number of aromatic nitrogens is 2. The van der Waals surface area contributed by atoms with E-state index in [2.05, 4.69) is 9.97 Å². The molecule has 0 aliphatic rings. The highest BCUT2D eigenvalue weighted by Gasteiger charge is 2.15. The molecule has 1 aromatic heterocycles. The number of aryl methyl sites for hydroxylation is 2. The number of hydrogen-bond donors (Lipinski definition) is 1. The van der Waals surface area contributed by atoms with Gasteiger partial charge in [0.05, 0.1) is 5.69 Å². The summed E-state index contributed by atoms with van der Waals surface area (Å²) < 4.78 is 0. The Kier molecular flexibility index (Phi) is 4.75. The van der Waals surface area contributed by atoms with E-state index in [-0.39, 0.29) is 5.69 Å². The van der Waals surface area contributed by atoms with Crippen LogP contribution in [0.4, 0.5) is 5.95 Å². The fourth-order valence-corrected chi connectivity index (χ4v) is 2.24. The average molecular weight is 299 g/mol. The Labute approximate surface area is 130 Å². The Balaban J connectivity index is 2.59. The molecule has 0 aliphatic carbocycles. The first-order valence-electron chi connectivity index (χ1n) is 7.41. The molecule has 116 valence electrons. The van der Waals surface area contributed by atoms with E-state index in [0.717, 1.165) is 24.2 Å². The largest absolute Gasteiger partial charge is 0.477 e. The Morgan fingerprint density at radius 2 is 1.77 bits per heavy atom. The first-order valence-corrected chi connectivity index (χ1v) is 7.41. The minimum atomic E-state index is -1.04. The zero-order valence-corrected chi connectivity index (χ0v) is 13.4. The number of benzene rings is 1. The van der Waals surface area contributed by atoms with Gasteiger partial charge >= 0.3 is 5.97 Å². The Morgan fingerprint density at radius 1 is 1.09 bits per heavy atom. The molecule has 0 radical (unpaired) electrons. The van der Waals surface area contributed by atoms with Gasteiger partial charge < -0.3 is 10.0 Å². The molecule has 1 N–H and O–H groups in total. The van der Waals surface area contributed by atoms with E-state index in [1.54, 1.807) is 0 Å². The van der Waals surface area contributed by atoms with Crippen LogP contribution in [-0.2, 0) is 0 Å². The number of hydrogen-bond acceptors (Lipinski definition) is 4. The number of carboxylic acids is 1. The minimum Gasteiger partial charge on any atom is -0.477 e. The Bertz CT molecular complexity index is 694. The molecule has 0 amide bonds. The zero-order valence-electron chi connectivity index (χ0n) is 13.4. The maximum absolute atomic E-state index is 11.3. The van der Waals surface area contributed by atoms with Crippen LogP contribution in [0.3, 0.4) is 0 Å². The second kappa shape index (κ2) is 6.56. The van der Waals surface area contributed by atoms with E-state index in [1.165, 1.54) is 11.6 Å². The van der Waals surface area contributed by atoms with Gasteiger partial charge in [-0.1, -0.05) is 12.1 Å². The summed E-state index contributed by atoms with van der Waals surface area (Å²) in [5.41, 5.74) is 3.90. The van der Waals surface area contributed by atoms with Crippen LogP contribution in [0.25, 0.3) is 11.3 Å². The predicted octanol–water partition coefficient (Wildman–Crippen LogP) is 3.30. The number of nitrogens with zero attached hydrogens (tertiary/aromatic N) is 3. The van der Waals surface area contributed by atoms with Gasteiger partial charge in [-0.25, -0.2) is 14.8 Å². The Morgan fingerprint density at radius 3 is 2.32 bits per heavy atom. The second-order valence-electron chi connectivity index (χ2n) is 5.21. The molecule has 0 unspecified atom stereocenters. The highest BCUT2D eigenvalue weighted by atomic mass is 16.4. The summed E-state index contributed by atoms with van der Waals surface area (Å²) in [6.45, 7) is 9.52. The molecule has 0 atom stereocenters. The van der Waals surface area contributed by atoms with E-state index in [4.69, 9.17) is 0 Å². The zero-order chi connectivity index (χ0) is 16.3. The van der Waals surface area contributed by atoms with Crippen LogP contribution >= 0.6 is 0 Å². The van der Waals surface area contributed by atoms with Crippen LogP contribution in [0.2, 0.25) is 0 Å². The molecular weight excluding hydrogens is 278 g/mol. The summed E-state index contributed by atoms with van der Waals surface area (Å²) in [5.74, 6) is -0.584. The Hall–Kier alpha value is -2.43. The first kappa shape index (κ1) is 15.9. The molecule has 22 heavy (non-hydrogen) atoms. The molecule has 0 spiro atoms. The average Bonchev–Trinajstić information content (AvgIpc) is 2.51. The standard InChI is InChI=1S/C17H21N3O2/c1-5-20(6-2)17-18-14(10-15(19-17)16(21)22)13-8-7-11(3)12(4)9-13/h7-10H,5-6H2,1-4H3,(H,21,22). The summed E-state index contributed by atoms with van der Waals surface area (Å²) in [6.07, 6.45) is 0. The molecular formula is C17H21N3O2. The molecule has 0 fully saturated rings. The minimum absolute atomic E-state index is 0.0186. The van der Waals surface area contributed by atoms with Crippen molar-refractivity contribution in [2.24, 2.45) is 0 Å². The van der Waals surface area contributed by atoms with Crippen LogP contribution in [0.15, 0.2) is 24.3 Å². The topological polar surface area (TPSA) is 66.3 Å². The van der Waals surface area contributed by atoms with E-state index >= 15 is 0 Å². The number of rotatable bonds is 5. The van der Waals surface area contributed by atoms with Crippen molar-refractivity contribution in [3.05, 3.63) is 41.1 Å². The SMILES string of the molecule is CCN(CC)c1nc(C(=O)O)cc(-c2ccc(C)c(C)c2)n1. The normalized spacial score (nSPS) is 10.5. The van der Waals surface area contributed by atoms with Crippen molar-refractivity contribution < 1.29 is 9.90 Å². The van der Waals surface area contributed by atoms with Gasteiger partial charge in [-0.2, -0.15) is 0 Å². The van der Waals surface area contributed by atoms with E-state index in [9.17, 15) is 9.90 Å². The van der Waals surface area contributed by atoms with Crippen molar-refractivity contribution in [3.63, 3.8) is 0 Å². The predicted molar refractivity (Wildman–Crippen MR) is 87.5 cm³/mol. The van der Waals surface area contributed by atoms with Gasteiger partial charge in [0.25, 0.3) is 0 Å². The third kappa shape index (κ3) is 3.24. The molecule has 0 saturated carbocycles. The lowest BCUT2D eigenvalue weighted by Gasteiger charge is -2.19. The van der Waals surface area contributed by atoms with E-state index in [1.807, 2.05) is 50.8 Å². The number of aromatic carboxylic acids is 1. The van der Waals surface area contributed by atoms with Crippen LogP contribution in [0.5, 0.6) is 0 Å². The summed E-state index contributed by atoms with van der Waals surface area (Å²) in [7, 11) is 0. The second-order valence-corrected chi connectivity index (χ2v) is 5.21. The molecule has 5 heteroatoms. The summed E-state index contributed by atoms with van der Waals surface area (Å²) in [4.78, 5) is 22.0. The van der Waals surface area contributed by atoms with Gasteiger partial charge in [0.2, 0.25) is 5.95 Å². The lowest BCUT2D eigenvalue weighted by molar-refractivity contribution is 0.0690. The number of carbonyl (C=O) groups is 1. The first-order chi connectivity index (χ1) is 10.5. The van der Waals surface area contributed by atoms with Crippen molar-refractivity contribution in [3.8, 4) is 11.3 Å². The monoisotopic (exact) mass is 299 g/mol. The molecule has 0 saturated heterocycles. The maximum atomic E-state index is 11.3. The van der Waals surface area contributed by atoms with Crippen molar-refractivity contribution in [2.75, 3.05) is 18.0 Å². The summed E-state index contributed by atoms with van der Waals surface area (Å²) >= 11 is 0. The van der Waals surface area contributed by atoms with Gasteiger partial charge in [-0.15, -0.1) is 0 Å². The van der Waals surface area contributed by atoms with Gasteiger partial charge in [-0.3, -0.25) is 0 Å². The third-order valence-corrected chi connectivity index (χ3v) is 3.78. The van der Waals surface area contributed by atoms with Crippen molar-refractivity contribution in [1.82, 2.24) is 9.97 Å². The van der Waals surface area contributed by atoms with E-state index < -0.39 is 5.97 Å². The molecule has 2 rings (SSSR count). The number of anilines is 1. The highest BCUT2D eigenvalue weighted by Crippen LogP contribution is 2.23. The molecule has 0 aliphatic heterocycles. The van der Waals surface area contributed by atoms with Crippen molar-refractivity contribution in [2.45, 2.75) is 27.7 Å². The molecule has 1 heterocycles. The highest BCUT2D eigenvalue weighted by molar-refractivity contribution is 5.87. The fraction of sp³-hybridized carbons (Fsp3) is 0.353. The van der Waals surface area contributed by atoms with Crippen molar-refractivity contribution >= 4 is 11.9 Å². The van der Waals surface area contributed by atoms with Gasteiger partial charge in [0.15, 0.2) is 5.69 Å². The summed E-state index contributed by atoms with van der Waals surface area (Å²) in [6, 6.07) is 7.53. The quantitative estimate of drug-likeness (QED) is 0.917. The van der Waals surface area contributed by atoms with Crippen LogP contribution in [-0.4, -0.2) is 34.1 Å². The smallest absolute Gasteiger partial charge is 0.354 e. The van der Waals surface area contributed by atoms with Crippen molar-refractivity contribution in [1.29, 1.82) is 0 Å². The summed E-state index contributed by atoms with van der Waals surface area (Å²) in [5, 5.41) is 9.30. The van der Waals surface area contributed by atoms with Gasteiger partial charge in [0, 0.05) is 18.7 Å². The lowest BCUT2D eigenvalue weighted by Crippen LogP contribution is -2.25. The third-order valence-electron chi connectivity index (χ3n) is 3.78. The fourth-order valence-electron chi connectivity index (χ4n) is 2.24. The molecule has 1 aromatic carbocycles.